The molecule has 1 saturated carbocycles. The van der Waals surface area contributed by atoms with Crippen LogP contribution in [0.4, 0.5) is 0 Å². The van der Waals surface area contributed by atoms with Crippen LogP contribution in [0.25, 0.3) is 0 Å². The first-order valence-corrected chi connectivity index (χ1v) is 5.58. The monoisotopic (exact) mass is 216 g/mol. The Kier molecular flexibility index (Phi) is 3.20. The summed E-state index contributed by atoms with van der Waals surface area (Å²) in [5.41, 5.74) is 0.799. The smallest absolute Gasteiger partial charge is 0.129 e. The predicted molar refractivity (Wildman–Crippen MR) is 63.0 cm³/mol. The maximum absolute atomic E-state index is 10.8. The number of aliphatic hydroxyl groups is 1. The van der Waals surface area contributed by atoms with Gasteiger partial charge in [0.15, 0.2) is 0 Å². The standard InChI is InChI=1S/C14H16O2/c15-10-14(11-16)9-13(14)8-4-7-12-5-2-1-3-6-12/h1-6,8,10,13,16H,7,9,11H2/b8-4+/t13-,14-/m0/s1. The van der Waals surface area contributed by atoms with Crippen molar-refractivity contribution < 1.29 is 9.90 Å². The van der Waals surface area contributed by atoms with Crippen molar-refractivity contribution in [3.8, 4) is 0 Å². The molecule has 2 nitrogen and oxygen atoms in total. The average molecular weight is 216 g/mol. The lowest BCUT2D eigenvalue weighted by Crippen LogP contribution is -2.10. The highest BCUT2D eigenvalue weighted by Crippen LogP contribution is 2.51. The van der Waals surface area contributed by atoms with Crippen LogP contribution in [0.15, 0.2) is 42.5 Å². The zero-order valence-corrected chi connectivity index (χ0v) is 9.17. The van der Waals surface area contributed by atoms with E-state index in [0.29, 0.717) is 0 Å². The van der Waals surface area contributed by atoms with E-state index in [-0.39, 0.29) is 12.5 Å². The minimum absolute atomic E-state index is 0.0309. The van der Waals surface area contributed by atoms with Gasteiger partial charge in [-0.1, -0.05) is 42.5 Å². The Morgan fingerprint density at radius 1 is 1.38 bits per heavy atom. The normalized spacial score (nSPS) is 28.2. The third kappa shape index (κ3) is 2.22. The van der Waals surface area contributed by atoms with Gasteiger partial charge in [0.25, 0.3) is 0 Å². The predicted octanol–water partition coefficient (Wildman–Crippen LogP) is 1.98. The molecule has 1 aromatic carbocycles. The number of aldehydes is 1. The zero-order chi connectivity index (χ0) is 11.4. The van der Waals surface area contributed by atoms with Gasteiger partial charge in [-0.25, -0.2) is 0 Å². The molecule has 0 unspecified atom stereocenters. The second-order valence-corrected chi connectivity index (χ2v) is 4.44. The number of aliphatic hydroxyl groups excluding tert-OH is 1. The van der Waals surface area contributed by atoms with E-state index in [1.807, 2.05) is 18.2 Å². The topological polar surface area (TPSA) is 37.3 Å². The highest BCUT2D eigenvalue weighted by Gasteiger charge is 2.52. The molecular weight excluding hydrogens is 200 g/mol. The summed E-state index contributed by atoms with van der Waals surface area (Å²) in [5, 5.41) is 9.08. The quantitative estimate of drug-likeness (QED) is 0.603. The van der Waals surface area contributed by atoms with Crippen LogP contribution >= 0.6 is 0 Å². The maximum Gasteiger partial charge on any atom is 0.129 e. The van der Waals surface area contributed by atoms with Gasteiger partial charge in [0.1, 0.15) is 6.29 Å². The first kappa shape index (κ1) is 11.1. The number of carbonyl (C=O) groups excluding carboxylic acids is 1. The van der Waals surface area contributed by atoms with E-state index in [0.717, 1.165) is 19.1 Å². The van der Waals surface area contributed by atoms with E-state index in [1.54, 1.807) is 0 Å². The molecule has 1 aliphatic rings. The fourth-order valence-electron chi connectivity index (χ4n) is 1.95. The summed E-state index contributed by atoms with van der Waals surface area (Å²) in [4.78, 5) is 10.8. The summed E-state index contributed by atoms with van der Waals surface area (Å²) in [6.07, 6.45) is 6.71. The Balaban J connectivity index is 1.86. The van der Waals surface area contributed by atoms with Gasteiger partial charge in [0.05, 0.1) is 12.0 Å². The summed E-state index contributed by atoms with van der Waals surface area (Å²) in [5.74, 6) is 0.235. The van der Waals surface area contributed by atoms with Crippen molar-refractivity contribution in [1.82, 2.24) is 0 Å². The van der Waals surface area contributed by atoms with Crippen molar-refractivity contribution in [2.24, 2.45) is 11.3 Å². The van der Waals surface area contributed by atoms with E-state index in [1.165, 1.54) is 5.56 Å². The maximum atomic E-state index is 10.8. The summed E-state index contributed by atoms with van der Waals surface area (Å²) in [6, 6.07) is 10.2. The molecule has 1 fully saturated rings. The Bertz CT molecular complexity index is 383. The van der Waals surface area contributed by atoms with Gasteiger partial charge in [0, 0.05) is 0 Å². The van der Waals surface area contributed by atoms with E-state index in [4.69, 9.17) is 5.11 Å². The number of benzene rings is 1. The molecule has 16 heavy (non-hydrogen) atoms. The zero-order valence-electron chi connectivity index (χ0n) is 9.17. The molecule has 0 amide bonds. The molecule has 1 aliphatic carbocycles. The second-order valence-electron chi connectivity index (χ2n) is 4.44. The van der Waals surface area contributed by atoms with E-state index < -0.39 is 5.41 Å². The van der Waals surface area contributed by atoms with Gasteiger partial charge in [-0.3, -0.25) is 0 Å². The Labute approximate surface area is 95.6 Å². The van der Waals surface area contributed by atoms with Gasteiger partial charge in [0.2, 0.25) is 0 Å². The Morgan fingerprint density at radius 2 is 2.12 bits per heavy atom. The molecule has 0 heterocycles. The molecule has 0 aromatic heterocycles. The fourth-order valence-corrected chi connectivity index (χ4v) is 1.95. The van der Waals surface area contributed by atoms with E-state index >= 15 is 0 Å². The van der Waals surface area contributed by atoms with Gasteiger partial charge in [-0.15, -0.1) is 0 Å². The van der Waals surface area contributed by atoms with Crippen molar-refractivity contribution in [1.29, 1.82) is 0 Å². The number of hydrogen-bond donors (Lipinski definition) is 1. The largest absolute Gasteiger partial charge is 0.395 e. The summed E-state index contributed by atoms with van der Waals surface area (Å²) in [7, 11) is 0. The second kappa shape index (κ2) is 4.62. The molecule has 0 bridgehead atoms. The molecule has 1 aromatic rings. The molecule has 2 atom stereocenters. The van der Waals surface area contributed by atoms with Crippen LogP contribution in [-0.2, 0) is 11.2 Å². The van der Waals surface area contributed by atoms with Crippen molar-refractivity contribution in [3.63, 3.8) is 0 Å². The number of allylic oxidation sites excluding steroid dienone is 2. The van der Waals surface area contributed by atoms with Crippen LogP contribution in [0.5, 0.6) is 0 Å². The minimum Gasteiger partial charge on any atom is -0.395 e. The lowest BCUT2D eigenvalue weighted by atomic mass is 10.1. The molecule has 2 rings (SSSR count). The Morgan fingerprint density at radius 3 is 2.69 bits per heavy atom. The van der Waals surface area contributed by atoms with Crippen molar-refractivity contribution >= 4 is 6.29 Å². The van der Waals surface area contributed by atoms with Gasteiger partial charge >= 0.3 is 0 Å². The molecular formula is C14H16O2. The van der Waals surface area contributed by atoms with Crippen LogP contribution in [-0.4, -0.2) is 18.0 Å². The van der Waals surface area contributed by atoms with Crippen LogP contribution < -0.4 is 0 Å². The van der Waals surface area contributed by atoms with Crippen molar-refractivity contribution in [2.45, 2.75) is 12.8 Å². The van der Waals surface area contributed by atoms with Gasteiger partial charge in [-0.2, -0.15) is 0 Å². The van der Waals surface area contributed by atoms with Gasteiger partial charge < -0.3 is 9.90 Å². The molecule has 0 radical (unpaired) electrons. The van der Waals surface area contributed by atoms with E-state index in [2.05, 4.69) is 24.3 Å². The molecule has 0 spiro atoms. The number of carbonyl (C=O) groups is 1. The first-order chi connectivity index (χ1) is 7.80. The molecule has 1 N–H and O–H groups in total. The SMILES string of the molecule is O=C[C@]1(CO)C[C@@H]1/C=C/Cc1ccccc1. The third-order valence-corrected chi connectivity index (χ3v) is 3.27. The highest BCUT2D eigenvalue weighted by atomic mass is 16.3. The molecule has 0 saturated heterocycles. The molecule has 0 aliphatic heterocycles. The summed E-state index contributed by atoms with van der Waals surface area (Å²) in [6.45, 7) is -0.0309. The van der Waals surface area contributed by atoms with E-state index in [9.17, 15) is 4.79 Å². The number of rotatable bonds is 5. The molecule has 84 valence electrons. The average Bonchev–Trinajstić information content (AvgIpc) is 3.05. The fraction of sp³-hybridized carbons (Fsp3) is 0.357. The Hall–Kier alpha value is -1.41. The van der Waals surface area contributed by atoms with Crippen LogP contribution in [0.2, 0.25) is 0 Å². The van der Waals surface area contributed by atoms with Crippen LogP contribution in [0.1, 0.15) is 12.0 Å². The summed E-state index contributed by atoms with van der Waals surface area (Å²) < 4.78 is 0. The van der Waals surface area contributed by atoms with Crippen molar-refractivity contribution in [2.75, 3.05) is 6.61 Å². The lowest BCUT2D eigenvalue weighted by molar-refractivity contribution is -0.113. The molecule has 2 heteroatoms. The van der Waals surface area contributed by atoms with Crippen LogP contribution in [0, 0.1) is 11.3 Å². The third-order valence-electron chi connectivity index (χ3n) is 3.27. The lowest BCUT2D eigenvalue weighted by Gasteiger charge is -2.00. The number of hydrogen-bond acceptors (Lipinski definition) is 2. The summed E-state index contributed by atoms with van der Waals surface area (Å²) >= 11 is 0. The van der Waals surface area contributed by atoms with Crippen molar-refractivity contribution in [3.05, 3.63) is 48.0 Å². The van der Waals surface area contributed by atoms with Crippen LogP contribution in [0.3, 0.4) is 0 Å². The van der Waals surface area contributed by atoms with Gasteiger partial charge in [-0.05, 0) is 24.3 Å². The first-order valence-electron chi connectivity index (χ1n) is 5.58. The highest BCUT2D eigenvalue weighted by molar-refractivity contribution is 5.65. The minimum atomic E-state index is -0.465.